The third kappa shape index (κ3) is 3.91. The normalized spacial score (nSPS) is 47.6. The molecule has 0 aromatic rings. The van der Waals surface area contributed by atoms with Gasteiger partial charge in [0.1, 0.15) is 18.4 Å². The number of hydrogen-bond acceptors (Lipinski definition) is 6. The molecule has 0 bridgehead atoms. The molecule has 0 spiro atoms. The van der Waals surface area contributed by atoms with Crippen LogP contribution in [0.3, 0.4) is 0 Å². The van der Waals surface area contributed by atoms with Gasteiger partial charge in [-0.05, 0) is 49.7 Å². The molecular formula is C29H46F2O6. The van der Waals surface area contributed by atoms with Crippen molar-refractivity contribution in [1.29, 1.82) is 0 Å². The molecular weight excluding hydrogens is 482 g/mol. The van der Waals surface area contributed by atoms with Crippen LogP contribution in [0.2, 0.25) is 0 Å². The number of allylic oxidation sites excluding steroid dienone is 1. The van der Waals surface area contributed by atoms with Crippen molar-refractivity contribution in [3.8, 4) is 0 Å². The molecule has 8 heteroatoms. The Balaban J connectivity index is 0.000000907. The summed E-state index contributed by atoms with van der Waals surface area (Å²) in [5.41, 5.74) is -5.82. The number of aliphatic hydroxyl groups is 2. The summed E-state index contributed by atoms with van der Waals surface area (Å²) in [5, 5.41) is 21.3. The van der Waals surface area contributed by atoms with Gasteiger partial charge in [-0.25, -0.2) is 8.78 Å². The Kier molecular flexibility index (Phi) is 8.80. The van der Waals surface area contributed by atoms with Crippen LogP contribution < -0.4 is 0 Å². The van der Waals surface area contributed by atoms with E-state index in [1.54, 1.807) is 13.8 Å². The topological polar surface area (TPSA) is 93.1 Å². The van der Waals surface area contributed by atoms with Crippen molar-refractivity contribution in [3.63, 3.8) is 0 Å². The van der Waals surface area contributed by atoms with Gasteiger partial charge in [-0.2, -0.15) is 0 Å². The third-order valence-corrected chi connectivity index (χ3v) is 9.90. The van der Waals surface area contributed by atoms with Gasteiger partial charge >= 0.3 is 0 Å². The second-order valence-corrected chi connectivity index (χ2v) is 11.2. The summed E-state index contributed by atoms with van der Waals surface area (Å²) in [6, 6.07) is 0. The van der Waals surface area contributed by atoms with Gasteiger partial charge in [-0.1, -0.05) is 54.9 Å². The van der Waals surface area contributed by atoms with Crippen molar-refractivity contribution in [2.45, 2.75) is 129 Å². The minimum atomic E-state index is -2.14. The zero-order valence-corrected chi connectivity index (χ0v) is 23.5. The summed E-state index contributed by atoms with van der Waals surface area (Å²) in [6.45, 7) is 12.7. The predicted molar refractivity (Wildman–Crippen MR) is 136 cm³/mol. The first-order valence-electron chi connectivity index (χ1n) is 14.2. The summed E-state index contributed by atoms with van der Waals surface area (Å²) in [4.78, 5) is 25.2. The highest BCUT2D eigenvalue weighted by atomic mass is 19.1. The minimum absolute atomic E-state index is 0.0666. The molecule has 1 saturated heterocycles. The van der Waals surface area contributed by atoms with Gasteiger partial charge in [0.15, 0.2) is 23.5 Å². The van der Waals surface area contributed by atoms with Crippen LogP contribution in [0.15, 0.2) is 11.6 Å². The van der Waals surface area contributed by atoms with Crippen LogP contribution in [0.4, 0.5) is 8.78 Å². The number of hydrogen-bond donors (Lipinski definition) is 2. The lowest BCUT2D eigenvalue weighted by atomic mass is 9.43. The summed E-state index contributed by atoms with van der Waals surface area (Å²) >= 11 is 0. The Labute approximate surface area is 220 Å². The SMILES string of the molecule is CC.CC.CCCC1OC2CC3C4CC(F)C5=CC(=O)CCC5(C)C4(F)C(O)CC3(C)C2(C(=O)CO)O1. The van der Waals surface area contributed by atoms with E-state index in [2.05, 4.69) is 0 Å². The minimum Gasteiger partial charge on any atom is -0.390 e. The molecule has 37 heavy (non-hydrogen) atoms. The van der Waals surface area contributed by atoms with E-state index in [1.807, 2.05) is 34.6 Å². The number of ether oxygens (including phenoxy) is 2. The maximum absolute atomic E-state index is 17.2. The Morgan fingerprint density at radius 3 is 2.41 bits per heavy atom. The van der Waals surface area contributed by atoms with Crippen molar-refractivity contribution >= 4 is 11.6 Å². The van der Waals surface area contributed by atoms with E-state index < -0.39 is 71.0 Å². The number of carbonyl (C=O) groups is 2. The molecule has 0 aromatic carbocycles. The van der Waals surface area contributed by atoms with Crippen LogP contribution in [0.5, 0.6) is 0 Å². The maximum atomic E-state index is 17.2. The van der Waals surface area contributed by atoms with Crippen LogP contribution in [-0.2, 0) is 19.1 Å². The van der Waals surface area contributed by atoms with E-state index in [0.29, 0.717) is 12.8 Å². The highest BCUT2D eigenvalue weighted by Gasteiger charge is 2.80. The van der Waals surface area contributed by atoms with Gasteiger partial charge in [0.25, 0.3) is 0 Å². The number of carbonyl (C=O) groups excluding carboxylic acids is 2. The Hall–Kier alpha value is -1.22. The first-order valence-corrected chi connectivity index (χ1v) is 14.2. The quantitative estimate of drug-likeness (QED) is 0.532. The summed E-state index contributed by atoms with van der Waals surface area (Å²) < 4.78 is 45.1. The molecule has 10 unspecified atom stereocenters. The molecule has 5 aliphatic rings. The Morgan fingerprint density at radius 1 is 1.16 bits per heavy atom. The molecule has 0 radical (unpaired) electrons. The average molecular weight is 529 g/mol. The highest BCUT2D eigenvalue weighted by Crippen LogP contribution is 2.72. The molecule has 3 saturated carbocycles. The maximum Gasteiger partial charge on any atom is 0.193 e. The lowest BCUT2D eigenvalue weighted by Crippen LogP contribution is -2.71. The summed E-state index contributed by atoms with van der Waals surface area (Å²) in [5.74, 6) is -2.10. The third-order valence-electron chi connectivity index (χ3n) is 9.90. The van der Waals surface area contributed by atoms with Gasteiger partial charge in [-0.15, -0.1) is 0 Å². The monoisotopic (exact) mass is 528 g/mol. The van der Waals surface area contributed by atoms with Crippen LogP contribution >= 0.6 is 0 Å². The van der Waals surface area contributed by atoms with Gasteiger partial charge in [0.05, 0.1) is 12.2 Å². The smallest absolute Gasteiger partial charge is 0.193 e. The average Bonchev–Trinajstić information content (AvgIpc) is 3.37. The first-order chi connectivity index (χ1) is 17.5. The molecule has 0 amide bonds. The number of ketones is 2. The van der Waals surface area contributed by atoms with E-state index in [-0.39, 0.29) is 37.0 Å². The van der Waals surface area contributed by atoms with Crippen molar-refractivity contribution in [2.24, 2.45) is 22.7 Å². The molecule has 1 aliphatic heterocycles. The largest absolute Gasteiger partial charge is 0.390 e. The second kappa shape index (κ2) is 10.7. The molecule has 2 N–H and O–H groups in total. The zero-order chi connectivity index (χ0) is 28.0. The van der Waals surface area contributed by atoms with E-state index in [9.17, 15) is 19.8 Å². The van der Waals surface area contributed by atoms with Gasteiger partial charge < -0.3 is 19.7 Å². The molecule has 10 atom stereocenters. The zero-order valence-electron chi connectivity index (χ0n) is 23.5. The second-order valence-electron chi connectivity index (χ2n) is 11.2. The Morgan fingerprint density at radius 2 is 1.81 bits per heavy atom. The summed E-state index contributed by atoms with van der Waals surface area (Å²) in [6.07, 6.45) is -1.37. The van der Waals surface area contributed by atoms with Crippen molar-refractivity contribution in [2.75, 3.05) is 6.61 Å². The van der Waals surface area contributed by atoms with Crippen LogP contribution in [0, 0.1) is 22.7 Å². The first kappa shape index (κ1) is 30.3. The number of fused-ring (bicyclic) bond motifs is 7. The number of rotatable bonds is 4. The Bertz CT molecular complexity index is 909. The molecule has 212 valence electrons. The fourth-order valence-electron chi connectivity index (χ4n) is 8.36. The van der Waals surface area contributed by atoms with E-state index in [1.165, 1.54) is 6.08 Å². The predicted octanol–water partition coefficient (Wildman–Crippen LogP) is 5.03. The molecule has 4 aliphatic carbocycles. The van der Waals surface area contributed by atoms with Gasteiger partial charge in [0, 0.05) is 23.2 Å². The van der Waals surface area contributed by atoms with Crippen molar-refractivity contribution in [3.05, 3.63) is 11.6 Å². The molecule has 0 aromatic heterocycles. The number of halogens is 2. The van der Waals surface area contributed by atoms with E-state index >= 15 is 8.78 Å². The van der Waals surface area contributed by atoms with Crippen LogP contribution in [0.1, 0.15) is 93.4 Å². The standard InChI is InChI=1S/C25H34F2O6.2C2H6/c1-4-5-21-32-20-10-14-15-9-17(26)16-8-13(29)6-7-22(16,2)24(15,27)18(30)11-23(14,3)25(20,33-21)19(31)12-28;2*1-2/h8,14-15,17-18,20-21,28,30H,4-7,9-12H2,1-3H3;2*1-2H3. The molecule has 1 heterocycles. The highest BCUT2D eigenvalue weighted by molar-refractivity contribution is 5.92. The lowest BCUT2D eigenvalue weighted by Gasteiger charge is -2.64. The van der Waals surface area contributed by atoms with Gasteiger partial charge in [0.2, 0.25) is 0 Å². The van der Waals surface area contributed by atoms with Crippen molar-refractivity contribution < 1.29 is 38.1 Å². The van der Waals surface area contributed by atoms with Crippen LogP contribution in [0.25, 0.3) is 0 Å². The fraction of sp³-hybridized carbons (Fsp3) is 0.862. The number of alkyl halides is 2. The van der Waals surface area contributed by atoms with Crippen LogP contribution in [-0.4, -0.2) is 64.3 Å². The van der Waals surface area contributed by atoms with E-state index in [4.69, 9.17) is 9.47 Å². The number of aliphatic hydroxyl groups excluding tert-OH is 2. The lowest BCUT2D eigenvalue weighted by molar-refractivity contribution is -0.242. The van der Waals surface area contributed by atoms with Crippen molar-refractivity contribution in [1.82, 2.24) is 0 Å². The van der Waals surface area contributed by atoms with Gasteiger partial charge in [-0.3, -0.25) is 9.59 Å². The molecule has 5 rings (SSSR count). The fourth-order valence-corrected chi connectivity index (χ4v) is 8.36. The molecule has 6 nitrogen and oxygen atoms in total. The van der Waals surface area contributed by atoms with E-state index in [0.717, 1.165) is 6.42 Å². The number of Topliss-reactive ketones (excluding diaryl/α,β-unsaturated/α-hetero) is 1. The molecule has 4 fully saturated rings. The summed E-state index contributed by atoms with van der Waals surface area (Å²) in [7, 11) is 0.